The minimum Gasteiger partial charge on any atom is -0.485 e. The topological polar surface area (TPSA) is 82.3 Å². The van der Waals surface area contributed by atoms with Crippen molar-refractivity contribution in [1.29, 1.82) is 5.26 Å². The highest BCUT2D eigenvalue weighted by Crippen LogP contribution is 2.40. The van der Waals surface area contributed by atoms with Gasteiger partial charge in [-0.25, -0.2) is 0 Å². The molecule has 2 atom stereocenters. The third-order valence-electron chi connectivity index (χ3n) is 5.20. The van der Waals surface area contributed by atoms with Gasteiger partial charge in [0.2, 0.25) is 0 Å². The van der Waals surface area contributed by atoms with Gasteiger partial charge in [-0.15, -0.1) is 0 Å². The second-order valence-corrected chi connectivity index (χ2v) is 7.49. The van der Waals surface area contributed by atoms with Gasteiger partial charge >= 0.3 is 0 Å². The Hall–Kier alpha value is -3.36. The number of ether oxygens (including phenoxy) is 1. The predicted octanol–water partition coefficient (Wildman–Crippen LogP) is 3.71. The number of aliphatic hydroxyl groups excluding tert-OH is 1. The highest BCUT2D eigenvalue weighted by Gasteiger charge is 2.43. The molecule has 0 aromatic heterocycles. The summed E-state index contributed by atoms with van der Waals surface area (Å²) < 4.78 is 5.91. The van der Waals surface area contributed by atoms with Crippen molar-refractivity contribution < 1.29 is 14.6 Å². The molecular weight excluding hydrogens is 352 g/mol. The molecule has 5 nitrogen and oxygen atoms in total. The number of nitriles is 1. The average Bonchev–Trinajstić information content (AvgIpc) is 2.70. The Labute approximate surface area is 163 Å². The monoisotopic (exact) mass is 372 g/mol. The minimum absolute atomic E-state index is 0.285. The van der Waals surface area contributed by atoms with Gasteiger partial charge in [-0.05, 0) is 48.9 Å². The first kappa shape index (κ1) is 18.0. The molecule has 0 saturated carbocycles. The van der Waals surface area contributed by atoms with Gasteiger partial charge in [-0.2, -0.15) is 5.26 Å². The van der Waals surface area contributed by atoms with Crippen molar-refractivity contribution in [3.8, 4) is 11.8 Å². The molecule has 0 bridgehead atoms. The lowest BCUT2D eigenvalue weighted by Gasteiger charge is -2.42. The van der Waals surface area contributed by atoms with E-state index in [1.165, 1.54) is 0 Å². The summed E-state index contributed by atoms with van der Waals surface area (Å²) in [7, 11) is 0. The third kappa shape index (κ3) is 2.98. The van der Waals surface area contributed by atoms with E-state index < -0.39 is 17.7 Å². The molecule has 3 aromatic rings. The van der Waals surface area contributed by atoms with Crippen LogP contribution in [0.2, 0.25) is 0 Å². The van der Waals surface area contributed by atoms with E-state index in [0.29, 0.717) is 22.4 Å². The summed E-state index contributed by atoms with van der Waals surface area (Å²) in [4.78, 5) is 13.1. The summed E-state index contributed by atoms with van der Waals surface area (Å²) in [6, 6.07) is 19.6. The van der Waals surface area contributed by atoms with Crippen LogP contribution in [-0.2, 0) is 0 Å². The van der Waals surface area contributed by atoms with E-state index in [1.807, 2.05) is 36.4 Å². The summed E-state index contributed by atoms with van der Waals surface area (Å²) in [6.07, 6.45) is -0.979. The van der Waals surface area contributed by atoms with Crippen molar-refractivity contribution in [2.24, 2.45) is 0 Å². The zero-order valence-corrected chi connectivity index (χ0v) is 15.6. The molecule has 0 saturated heterocycles. The van der Waals surface area contributed by atoms with Crippen LogP contribution < -0.4 is 10.1 Å². The van der Waals surface area contributed by atoms with Gasteiger partial charge in [0.05, 0.1) is 17.7 Å². The van der Waals surface area contributed by atoms with Gasteiger partial charge in [0.1, 0.15) is 17.5 Å². The fourth-order valence-electron chi connectivity index (χ4n) is 3.67. The first-order chi connectivity index (χ1) is 13.4. The quantitative estimate of drug-likeness (QED) is 0.718. The first-order valence-electron chi connectivity index (χ1n) is 9.10. The van der Waals surface area contributed by atoms with E-state index in [2.05, 4.69) is 11.4 Å². The Morgan fingerprint density at radius 3 is 2.68 bits per heavy atom. The van der Waals surface area contributed by atoms with Crippen LogP contribution in [0.4, 0.5) is 0 Å². The molecule has 2 N–H and O–H groups in total. The lowest BCUT2D eigenvalue weighted by atomic mass is 9.85. The van der Waals surface area contributed by atoms with E-state index in [0.717, 1.165) is 10.8 Å². The maximum Gasteiger partial charge on any atom is 0.252 e. The number of benzene rings is 3. The van der Waals surface area contributed by atoms with E-state index in [9.17, 15) is 15.2 Å². The number of nitrogens with one attached hydrogen (secondary N) is 1. The number of hydrogen-bond donors (Lipinski definition) is 2. The Bertz CT molecular complexity index is 1110. The zero-order valence-electron chi connectivity index (χ0n) is 15.6. The Balaban J connectivity index is 1.76. The molecule has 1 heterocycles. The fourth-order valence-corrected chi connectivity index (χ4v) is 3.67. The van der Waals surface area contributed by atoms with E-state index >= 15 is 0 Å². The third-order valence-corrected chi connectivity index (χ3v) is 5.20. The zero-order chi connectivity index (χ0) is 19.9. The van der Waals surface area contributed by atoms with Crippen LogP contribution in [0.1, 0.15) is 41.4 Å². The van der Waals surface area contributed by atoms with Gasteiger partial charge in [-0.1, -0.05) is 36.4 Å². The first-order valence-corrected chi connectivity index (χ1v) is 9.10. The summed E-state index contributed by atoms with van der Waals surface area (Å²) >= 11 is 0. The van der Waals surface area contributed by atoms with Crippen molar-refractivity contribution in [3.63, 3.8) is 0 Å². The molecule has 28 heavy (non-hydrogen) atoms. The van der Waals surface area contributed by atoms with E-state index in [4.69, 9.17) is 4.74 Å². The molecule has 0 fully saturated rings. The molecule has 140 valence electrons. The Morgan fingerprint density at radius 1 is 1.14 bits per heavy atom. The Kier molecular flexibility index (Phi) is 4.29. The van der Waals surface area contributed by atoms with Gasteiger partial charge in [-0.3, -0.25) is 4.79 Å². The molecule has 3 aromatic carbocycles. The number of aliphatic hydroxyl groups is 1. The molecule has 0 spiro atoms. The molecule has 0 radical (unpaired) electrons. The van der Waals surface area contributed by atoms with E-state index in [-0.39, 0.29) is 5.91 Å². The second-order valence-electron chi connectivity index (χ2n) is 7.49. The van der Waals surface area contributed by atoms with Crippen LogP contribution in [0.15, 0.2) is 60.7 Å². The summed E-state index contributed by atoms with van der Waals surface area (Å²) in [5.74, 6) is 0.268. The molecular formula is C23H20N2O3. The number of fused-ring (bicyclic) bond motifs is 2. The lowest BCUT2D eigenvalue weighted by molar-refractivity contribution is -0.0627. The van der Waals surface area contributed by atoms with Crippen LogP contribution >= 0.6 is 0 Å². The normalized spacial score (nSPS) is 19.9. The number of rotatable bonds is 2. The standard InChI is InChI=1S/C23H20N2O3/c1-23(2)21(26)20(18-12-14(13-24)10-11-19(18)28-23)25-22(27)17-9-5-7-15-6-3-4-8-16(15)17/h3-12,20-21,26H,1-2H3,(H,25,27)/t20-,21+/m0/s1. The number of carbonyl (C=O) groups excluding carboxylic acids is 1. The van der Waals surface area contributed by atoms with Gasteiger partial charge < -0.3 is 15.2 Å². The summed E-state index contributed by atoms with van der Waals surface area (Å²) in [5.41, 5.74) is 0.684. The SMILES string of the molecule is CC1(C)Oc2ccc(C#N)cc2[C@H](NC(=O)c2cccc3ccccc23)[C@H]1O. The largest absolute Gasteiger partial charge is 0.485 e. The molecule has 0 unspecified atom stereocenters. The van der Waals surface area contributed by atoms with Gasteiger partial charge in [0.25, 0.3) is 5.91 Å². The smallest absolute Gasteiger partial charge is 0.252 e. The molecule has 1 aliphatic rings. The summed E-state index contributed by atoms with van der Waals surface area (Å²) in [6.45, 7) is 3.55. The Morgan fingerprint density at radius 2 is 1.89 bits per heavy atom. The highest BCUT2D eigenvalue weighted by molar-refractivity contribution is 6.07. The van der Waals surface area contributed by atoms with Crippen LogP contribution in [0.25, 0.3) is 10.8 Å². The van der Waals surface area contributed by atoms with Gasteiger partial charge in [0, 0.05) is 11.1 Å². The lowest BCUT2D eigenvalue weighted by Crippen LogP contribution is -2.53. The molecule has 5 heteroatoms. The number of amides is 1. The van der Waals surface area contributed by atoms with Crippen LogP contribution in [0.3, 0.4) is 0 Å². The fraction of sp³-hybridized carbons (Fsp3) is 0.217. The van der Waals surface area contributed by atoms with Crippen molar-refractivity contribution in [2.45, 2.75) is 31.6 Å². The number of hydrogen-bond acceptors (Lipinski definition) is 4. The van der Waals surface area contributed by atoms with Crippen molar-refractivity contribution in [3.05, 3.63) is 77.4 Å². The number of nitrogens with zero attached hydrogens (tertiary/aromatic N) is 1. The van der Waals surface area contributed by atoms with Crippen molar-refractivity contribution in [1.82, 2.24) is 5.32 Å². The van der Waals surface area contributed by atoms with Crippen molar-refractivity contribution in [2.75, 3.05) is 0 Å². The average molecular weight is 372 g/mol. The van der Waals surface area contributed by atoms with Crippen LogP contribution in [0.5, 0.6) is 5.75 Å². The number of carbonyl (C=O) groups is 1. The predicted molar refractivity (Wildman–Crippen MR) is 106 cm³/mol. The summed E-state index contributed by atoms with van der Waals surface area (Å²) in [5, 5.41) is 24.9. The second kappa shape index (κ2) is 6.66. The maximum atomic E-state index is 13.1. The van der Waals surface area contributed by atoms with Crippen LogP contribution in [-0.4, -0.2) is 22.7 Å². The van der Waals surface area contributed by atoms with Crippen molar-refractivity contribution >= 4 is 16.7 Å². The van der Waals surface area contributed by atoms with Crippen LogP contribution in [0, 0.1) is 11.3 Å². The highest BCUT2D eigenvalue weighted by atomic mass is 16.5. The minimum atomic E-state index is -0.979. The van der Waals surface area contributed by atoms with Gasteiger partial charge in [0.15, 0.2) is 0 Å². The molecule has 0 aliphatic carbocycles. The molecule has 1 aliphatic heterocycles. The van der Waals surface area contributed by atoms with E-state index in [1.54, 1.807) is 38.1 Å². The molecule has 4 rings (SSSR count). The maximum absolute atomic E-state index is 13.1. The molecule has 1 amide bonds.